The molecule has 2 aliphatic rings. The molecule has 0 saturated heterocycles. The number of aryl methyl sites for hydroxylation is 1. The molecule has 1 atom stereocenters. The van der Waals surface area contributed by atoms with Crippen molar-refractivity contribution in [3.05, 3.63) is 70.8 Å². The van der Waals surface area contributed by atoms with E-state index in [0.29, 0.717) is 11.3 Å². The van der Waals surface area contributed by atoms with Crippen LogP contribution in [0.4, 0.5) is 0 Å². The molecule has 2 N–H and O–H groups in total. The van der Waals surface area contributed by atoms with E-state index < -0.39 is 0 Å². The van der Waals surface area contributed by atoms with E-state index in [1.165, 1.54) is 5.56 Å². The van der Waals surface area contributed by atoms with Crippen molar-refractivity contribution in [3.63, 3.8) is 0 Å². The SMILES string of the molecule is Cc1ccc(C2=C(c3ccc(C#N)cc3)N=C(C3CCC(N)CC3)C(=O)C2C)cc1. The summed E-state index contributed by atoms with van der Waals surface area (Å²) in [6.45, 7) is 4.05. The fourth-order valence-electron chi connectivity index (χ4n) is 4.52. The van der Waals surface area contributed by atoms with Gasteiger partial charge in [-0.1, -0.05) is 48.9 Å². The number of nitrogens with two attached hydrogens (primary N) is 1. The Hall–Kier alpha value is -3.03. The summed E-state index contributed by atoms with van der Waals surface area (Å²) in [5, 5.41) is 9.16. The Bertz CT molecular complexity index is 1050. The van der Waals surface area contributed by atoms with Crippen LogP contribution in [0.2, 0.25) is 0 Å². The largest absolute Gasteiger partial charge is 0.328 e. The number of carbonyl (C=O) groups excluding carboxylic acids is 1. The number of ketones is 1. The first kappa shape index (κ1) is 20.3. The molecule has 152 valence electrons. The number of benzene rings is 2. The highest BCUT2D eigenvalue weighted by Crippen LogP contribution is 2.40. The maximum Gasteiger partial charge on any atom is 0.184 e. The summed E-state index contributed by atoms with van der Waals surface area (Å²) in [6.07, 6.45) is 3.70. The minimum absolute atomic E-state index is 0.128. The van der Waals surface area contributed by atoms with Crippen LogP contribution >= 0.6 is 0 Å². The van der Waals surface area contributed by atoms with Crippen molar-refractivity contribution in [1.29, 1.82) is 5.26 Å². The number of hydrogen-bond acceptors (Lipinski definition) is 4. The molecule has 0 aromatic heterocycles. The lowest BCUT2D eigenvalue weighted by Gasteiger charge is -2.31. The summed E-state index contributed by atoms with van der Waals surface area (Å²) in [6, 6.07) is 18.2. The van der Waals surface area contributed by atoms with Gasteiger partial charge in [-0.3, -0.25) is 4.79 Å². The van der Waals surface area contributed by atoms with E-state index in [4.69, 9.17) is 16.0 Å². The van der Waals surface area contributed by atoms with Crippen molar-refractivity contribution >= 4 is 22.8 Å². The number of allylic oxidation sites excluding steroid dienone is 1. The van der Waals surface area contributed by atoms with Gasteiger partial charge < -0.3 is 5.73 Å². The second-order valence-corrected chi connectivity index (χ2v) is 8.51. The number of nitriles is 1. The van der Waals surface area contributed by atoms with Crippen LogP contribution < -0.4 is 5.73 Å². The zero-order chi connectivity index (χ0) is 21.3. The van der Waals surface area contributed by atoms with Gasteiger partial charge in [0.05, 0.1) is 23.0 Å². The first-order valence-electron chi connectivity index (χ1n) is 10.7. The van der Waals surface area contributed by atoms with Crippen LogP contribution in [0.15, 0.2) is 53.5 Å². The molecular formula is C26H27N3O. The zero-order valence-electron chi connectivity index (χ0n) is 17.6. The molecule has 1 aliphatic carbocycles. The summed E-state index contributed by atoms with van der Waals surface area (Å²) < 4.78 is 0. The molecule has 4 heteroatoms. The van der Waals surface area contributed by atoms with Crippen LogP contribution in [0.1, 0.15) is 54.9 Å². The number of Topliss-reactive ketones (excluding diaryl/α,β-unsaturated/α-hetero) is 1. The van der Waals surface area contributed by atoms with Gasteiger partial charge in [-0.2, -0.15) is 5.26 Å². The fraction of sp³-hybridized carbons (Fsp3) is 0.346. The Labute approximate surface area is 178 Å². The molecule has 4 rings (SSSR count). The van der Waals surface area contributed by atoms with Gasteiger partial charge in [-0.05, 0) is 55.9 Å². The standard InChI is InChI=1S/C26H27N3O/c1-16-3-7-19(8-4-16)23-17(2)26(30)25(21-11-13-22(28)14-12-21)29-24(23)20-9-5-18(15-27)6-10-20/h3-10,17,21-22H,11-14,28H2,1-2H3. The molecule has 1 heterocycles. The van der Waals surface area contributed by atoms with Gasteiger partial charge in [0.1, 0.15) is 0 Å². The topological polar surface area (TPSA) is 79.2 Å². The van der Waals surface area contributed by atoms with Crippen LogP contribution in [-0.2, 0) is 4.79 Å². The molecule has 0 radical (unpaired) electrons. The van der Waals surface area contributed by atoms with Crippen molar-refractivity contribution in [1.82, 2.24) is 0 Å². The molecule has 1 aliphatic heterocycles. The molecule has 0 spiro atoms. The number of hydrogen-bond donors (Lipinski definition) is 1. The maximum atomic E-state index is 13.4. The van der Waals surface area contributed by atoms with E-state index in [1.54, 1.807) is 0 Å². The van der Waals surface area contributed by atoms with Gasteiger partial charge >= 0.3 is 0 Å². The molecular weight excluding hydrogens is 370 g/mol. The second kappa shape index (κ2) is 8.38. The van der Waals surface area contributed by atoms with Gasteiger partial charge in [0.2, 0.25) is 0 Å². The smallest absolute Gasteiger partial charge is 0.184 e. The maximum absolute atomic E-state index is 13.4. The lowest BCUT2D eigenvalue weighted by Crippen LogP contribution is -2.37. The Balaban J connectivity index is 1.86. The van der Waals surface area contributed by atoms with Crippen LogP contribution in [0, 0.1) is 30.1 Å². The quantitative estimate of drug-likeness (QED) is 0.799. The first-order chi connectivity index (χ1) is 14.5. The molecule has 1 fully saturated rings. The summed E-state index contributed by atoms with van der Waals surface area (Å²) >= 11 is 0. The third kappa shape index (κ3) is 3.86. The molecule has 2 aromatic rings. The van der Waals surface area contributed by atoms with E-state index in [0.717, 1.165) is 48.1 Å². The minimum Gasteiger partial charge on any atom is -0.328 e. The Kier molecular flexibility index (Phi) is 5.65. The second-order valence-electron chi connectivity index (χ2n) is 8.51. The molecule has 0 amide bonds. The van der Waals surface area contributed by atoms with Crippen LogP contribution in [0.3, 0.4) is 0 Å². The normalized spacial score (nSPS) is 24.4. The highest BCUT2D eigenvalue weighted by Gasteiger charge is 2.36. The number of carbonyl (C=O) groups is 1. The van der Waals surface area contributed by atoms with Crippen LogP contribution in [0.5, 0.6) is 0 Å². The van der Waals surface area contributed by atoms with Gasteiger partial charge in [-0.15, -0.1) is 0 Å². The first-order valence-corrected chi connectivity index (χ1v) is 10.7. The summed E-state index contributed by atoms with van der Waals surface area (Å²) in [7, 11) is 0. The van der Waals surface area contributed by atoms with E-state index in [9.17, 15) is 4.79 Å². The van der Waals surface area contributed by atoms with Crippen LogP contribution in [-0.4, -0.2) is 17.5 Å². The number of rotatable bonds is 3. The van der Waals surface area contributed by atoms with Gasteiger partial charge in [0.15, 0.2) is 5.78 Å². The van der Waals surface area contributed by atoms with E-state index in [-0.39, 0.29) is 23.7 Å². The molecule has 0 bridgehead atoms. The zero-order valence-corrected chi connectivity index (χ0v) is 17.6. The Morgan fingerprint density at radius 2 is 1.57 bits per heavy atom. The van der Waals surface area contributed by atoms with Gasteiger partial charge in [0.25, 0.3) is 0 Å². The summed E-state index contributed by atoms with van der Waals surface area (Å²) in [4.78, 5) is 18.4. The highest BCUT2D eigenvalue weighted by atomic mass is 16.1. The molecule has 1 unspecified atom stereocenters. The van der Waals surface area contributed by atoms with Crippen molar-refractivity contribution < 1.29 is 4.79 Å². The minimum atomic E-state index is -0.263. The van der Waals surface area contributed by atoms with E-state index in [1.807, 2.05) is 31.2 Å². The predicted molar refractivity (Wildman–Crippen MR) is 121 cm³/mol. The lowest BCUT2D eigenvalue weighted by atomic mass is 9.76. The Morgan fingerprint density at radius 1 is 0.967 bits per heavy atom. The van der Waals surface area contributed by atoms with Crippen LogP contribution in [0.25, 0.3) is 11.3 Å². The molecule has 2 aromatic carbocycles. The molecule has 4 nitrogen and oxygen atoms in total. The average Bonchev–Trinajstić information content (AvgIpc) is 2.77. The average molecular weight is 398 g/mol. The molecule has 30 heavy (non-hydrogen) atoms. The van der Waals surface area contributed by atoms with Crippen molar-refractivity contribution in [3.8, 4) is 6.07 Å². The van der Waals surface area contributed by atoms with Gasteiger partial charge in [-0.25, -0.2) is 4.99 Å². The molecule has 1 saturated carbocycles. The Morgan fingerprint density at radius 3 is 2.17 bits per heavy atom. The number of nitrogens with zero attached hydrogens (tertiary/aromatic N) is 2. The fourth-order valence-corrected chi connectivity index (χ4v) is 4.52. The van der Waals surface area contributed by atoms with E-state index >= 15 is 0 Å². The van der Waals surface area contributed by atoms with Gasteiger partial charge in [0, 0.05) is 23.4 Å². The van der Waals surface area contributed by atoms with Crippen molar-refractivity contribution in [2.45, 2.75) is 45.6 Å². The third-order valence-corrected chi connectivity index (χ3v) is 6.37. The number of aliphatic imine (C=N–C) groups is 1. The summed E-state index contributed by atoms with van der Waals surface area (Å²) in [5.41, 5.74) is 12.3. The summed E-state index contributed by atoms with van der Waals surface area (Å²) in [5.74, 6) is 0.0394. The lowest BCUT2D eigenvalue weighted by molar-refractivity contribution is -0.115. The third-order valence-electron chi connectivity index (χ3n) is 6.37. The highest BCUT2D eigenvalue weighted by molar-refractivity contribution is 6.45. The van der Waals surface area contributed by atoms with Crippen molar-refractivity contribution in [2.75, 3.05) is 0 Å². The van der Waals surface area contributed by atoms with Crippen molar-refractivity contribution in [2.24, 2.45) is 22.6 Å². The monoisotopic (exact) mass is 397 g/mol. The predicted octanol–water partition coefficient (Wildman–Crippen LogP) is 4.91. The van der Waals surface area contributed by atoms with E-state index in [2.05, 4.69) is 37.3 Å².